The molecule has 1 amide bonds. The molecule has 1 aromatic heterocycles. The summed E-state index contributed by atoms with van der Waals surface area (Å²) >= 11 is 0. The van der Waals surface area contributed by atoms with E-state index in [-0.39, 0.29) is 17.4 Å². The van der Waals surface area contributed by atoms with E-state index in [2.05, 4.69) is 10.00 Å². The largest absolute Gasteiger partial charge is 0.368 e. The molecule has 1 aliphatic rings. The lowest BCUT2D eigenvalue weighted by Crippen LogP contribution is -2.48. The minimum Gasteiger partial charge on any atom is -0.368 e. The quantitative estimate of drug-likeness (QED) is 0.450. The molecule has 0 radical (unpaired) electrons. The van der Waals surface area contributed by atoms with E-state index in [4.69, 9.17) is 0 Å². The number of amides is 1. The third-order valence-electron chi connectivity index (χ3n) is 5.82. The van der Waals surface area contributed by atoms with Crippen LogP contribution in [0, 0.1) is 29.8 Å². The highest BCUT2D eigenvalue weighted by molar-refractivity contribution is 5.94. The van der Waals surface area contributed by atoms with Crippen LogP contribution in [0.2, 0.25) is 0 Å². The molecule has 4 rings (SSSR count). The van der Waals surface area contributed by atoms with Gasteiger partial charge < -0.3 is 9.80 Å². The van der Waals surface area contributed by atoms with Crippen molar-refractivity contribution >= 4 is 17.3 Å². The Balaban J connectivity index is 1.38. The van der Waals surface area contributed by atoms with Gasteiger partial charge in [-0.25, -0.2) is 4.39 Å². The van der Waals surface area contributed by atoms with E-state index in [0.717, 1.165) is 11.3 Å². The van der Waals surface area contributed by atoms with Crippen molar-refractivity contribution < 1.29 is 14.1 Å². The maximum atomic E-state index is 13.1. The van der Waals surface area contributed by atoms with E-state index in [1.807, 2.05) is 17.0 Å². The Morgan fingerprint density at radius 1 is 1.03 bits per heavy atom. The standard InChI is InChI=1S/C23H24FN5O3/c1-16-22(29(31)32)17(2)28(25-16)15-18-3-5-19(6-4-18)23(30)27-13-11-26(12-14-27)21-9-7-20(24)8-10-21/h3-10H,11-15H2,1-2H3. The molecule has 32 heavy (non-hydrogen) atoms. The Labute approximate surface area is 185 Å². The number of nitrogens with zero attached hydrogens (tertiary/aromatic N) is 5. The maximum Gasteiger partial charge on any atom is 0.312 e. The van der Waals surface area contributed by atoms with Gasteiger partial charge >= 0.3 is 5.69 Å². The number of hydrogen-bond acceptors (Lipinski definition) is 5. The van der Waals surface area contributed by atoms with Gasteiger partial charge in [0.15, 0.2) is 0 Å². The van der Waals surface area contributed by atoms with Gasteiger partial charge in [-0.05, 0) is 55.8 Å². The zero-order valence-corrected chi connectivity index (χ0v) is 18.0. The molecule has 9 heteroatoms. The number of anilines is 1. The number of carbonyl (C=O) groups is 1. The van der Waals surface area contributed by atoms with Crippen LogP contribution in [0.5, 0.6) is 0 Å². The van der Waals surface area contributed by atoms with E-state index < -0.39 is 4.92 Å². The van der Waals surface area contributed by atoms with Crippen LogP contribution in [0.4, 0.5) is 15.8 Å². The minimum atomic E-state index is -0.411. The highest BCUT2D eigenvalue weighted by Crippen LogP contribution is 2.23. The third kappa shape index (κ3) is 4.32. The van der Waals surface area contributed by atoms with Crippen molar-refractivity contribution in [3.63, 3.8) is 0 Å². The van der Waals surface area contributed by atoms with E-state index in [0.29, 0.717) is 49.7 Å². The van der Waals surface area contributed by atoms with E-state index in [1.165, 1.54) is 12.1 Å². The summed E-state index contributed by atoms with van der Waals surface area (Å²) in [6.45, 7) is 6.26. The zero-order chi connectivity index (χ0) is 22.8. The van der Waals surface area contributed by atoms with Crippen molar-refractivity contribution in [1.82, 2.24) is 14.7 Å². The number of benzene rings is 2. The number of hydrogen-bond donors (Lipinski definition) is 0. The van der Waals surface area contributed by atoms with Crippen molar-refractivity contribution in [2.75, 3.05) is 31.1 Å². The number of rotatable bonds is 5. The van der Waals surface area contributed by atoms with Gasteiger partial charge in [-0.2, -0.15) is 5.10 Å². The van der Waals surface area contributed by atoms with Crippen LogP contribution in [0.25, 0.3) is 0 Å². The zero-order valence-electron chi connectivity index (χ0n) is 18.0. The summed E-state index contributed by atoms with van der Waals surface area (Å²) in [6.07, 6.45) is 0. The molecule has 166 valence electrons. The monoisotopic (exact) mass is 437 g/mol. The number of carbonyl (C=O) groups excluding carboxylic acids is 1. The van der Waals surface area contributed by atoms with Crippen LogP contribution < -0.4 is 4.90 Å². The fourth-order valence-electron chi connectivity index (χ4n) is 4.03. The van der Waals surface area contributed by atoms with Gasteiger partial charge in [0.25, 0.3) is 5.91 Å². The van der Waals surface area contributed by atoms with Crippen molar-refractivity contribution in [2.24, 2.45) is 0 Å². The van der Waals surface area contributed by atoms with Crippen molar-refractivity contribution in [3.8, 4) is 0 Å². The number of aryl methyl sites for hydroxylation is 1. The Hall–Kier alpha value is -3.75. The first-order valence-electron chi connectivity index (χ1n) is 10.4. The molecule has 0 saturated carbocycles. The van der Waals surface area contributed by atoms with Crippen molar-refractivity contribution in [2.45, 2.75) is 20.4 Å². The number of piperazine rings is 1. The molecule has 1 aliphatic heterocycles. The van der Waals surface area contributed by atoms with Gasteiger partial charge in [-0.15, -0.1) is 0 Å². The number of nitro groups is 1. The Bertz CT molecular complexity index is 1130. The van der Waals surface area contributed by atoms with Crippen molar-refractivity contribution in [3.05, 3.63) is 87.0 Å². The molecule has 2 heterocycles. The molecular formula is C23H24FN5O3. The average molecular weight is 437 g/mol. The summed E-state index contributed by atoms with van der Waals surface area (Å²) in [5, 5.41) is 15.5. The third-order valence-corrected chi connectivity index (χ3v) is 5.82. The van der Waals surface area contributed by atoms with E-state index in [9.17, 15) is 19.3 Å². The van der Waals surface area contributed by atoms with Gasteiger partial charge in [0, 0.05) is 37.4 Å². The topological polar surface area (TPSA) is 84.5 Å². The van der Waals surface area contributed by atoms with E-state index in [1.54, 1.807) is 42.8 Å². The second-order valence-corrected chi connectivity index (χ2v) is 7.89. The molecule has 1 saturated heterocycles. The molecule has 0 unspecified atom stereocenters. The summed E-state index contributed by atoms with van der Waals surface area (Å²) in [7, 11) is 0. The summed E-state index contributed by atoms with van der Waals surface area (Å²) < 4.78 is 14.7. The van der Waals surface area contributed by atoms with Crippen molar-refractivity contribution in [1.29, 1.82) is 0 Å². The van der Waals surface area contributed by atoms with Crippen LogP contribution in [0.3, 0.4) is 0 Å². The lowest BCUT2D eigenvalue weighted by atomic mass is 10.1. The molecule has 8 nitrogen and oxygen atoms in total. The minimum absolute atomic E-state index is 0.0305. The molecule has 0 N–H and O–H groups in total. The highest BCUT2D eigenvalue weighted by atomic mass is 19.1. The molecule has 0 spiro atoms. The lowest BCUT2D eigenvalue weighted by Gasteiger charge is -2.36. The van der Waals surface area contributed by atoms with Crippen LogP contribution in [0.15, 0.2) is 48.5 Å². The maximum absolute atomic E-state index is 13.1. The smallest absolute Gasteiger partial charge is 0.312 e. The molecular weight excluding hydrogens is 413 g/mol. The first kappa shape index (κ1) is 21.5. The van der Waals surface area contributed by atoms with Gasteiger partial charge in [-0.1, -0.05) is 12.1 Å². The Morgan fingerprint density at radius 3 is 2.22 bits per heavy atom. The second kappa shape index (κ2) is 8.78. The summed E-state index contributed by atoms with van der Waals surface area (Å²) in [5.74, 6) is -0.292. The van der Waals surface area contributed by atoms with Crippen LogP contribution in [-0.4, -0.2) is 51.7 Å². The van der Waals surface area contributed by atoms with Crippen LogP contribution >= 0.6 is 0 Å². The first-order valence-corrected chi connectivity index (χ1v) is 10.4. The van der Waals surface area contributed by atoms with Gasteiger partial charge in [-0.3, -0.25) is 19.6 Å². The SMILES string of the molecule is Cc1nn(Cc2ccc(C(=O)N3CCN(c4ccc(F)cc4)CC3)cc2)c(C)c1[N+](=O)[O-]. The van der Waals surface area contributed by atoms with Gasteiger partial charge in [0.05, 0.1) is 11.5 Å². The summed E-state index contributed by atoms with van der Waals surface area (Å²) in [4.78, 5) is 27.6. The molecule has 0 atom stereocenters. The Morgan fingerprint density at radius 2 is 1.66 bits per heavy atom. The molecule has 0 bridgehead atoms. The predicted octanol–water partition coefficient (Wildman–Crippen LogP) is 3.56. The summed E-state index contributed by atoms with van der Waals surface area (Å²) in [5.41, 5.74) is 3.39. The van der Waals surface area contributed by atoms with Crippen LogP contribution in [0.1, 0.15) is 27.3 Å². The first-order chi connectivity index (χ1) is 15.3. The second-order valence-electron chi connectivity index (χ2n) is 7.89. The lowest BCUT2D eigenvalue weighted by molar-refractivity contribution is -0.386. The molecule has 3 aromatic rings. The molecule has 0 aliphatic carbocycles. The van der Waals surface area contributed by atoms with Gasteiger partial charge in [0.1, 0.15) is 17.2 Å². The predicted molar refractivity (Wildman–Crippen MR) is 118 cm³/mol. The fraction of sp³-hybridized carbons (Fsp3) is 0.304. The average Bonchev–Trinajstić information content (AvgIpc) is 3.07. The molecule has 2 aromatic carbocycles. The summed E-state index contributed by atoms with van der Waals surface area (Å²) in [6, 6.07) is 13.7. The highest BCUT2D eigenvalue weighted by Gasteiger charge is 2.23. The number of halogens is 1. The van der Waals surface area contributed by atoms with Crippen LogP contribution in [-0.2, 0) is 6.54 Å². The fourth-order valence-corrected chi connectivity index (χ4v) is 4.03. The van der Waals surface area contributed by atoms with E-state index >= 15 is 0 Å². The van der Waals surface area contributed by atoms with Gasteiger partial charge in [0.2, 0.25) is 0 Å². The normalized spacial score (nSPS) is 14.0. The Kier molecular flexibility index (Phi) is 5.89. The molecule has 1 fully saturated rings. The number of aromatic nitrogens is 2.